The summed E-state index contributed by atoms with van der Waals surface area (Å²) in [6, 6.07) is 3.19. The van der Waals surface area contributed by atoms with E-state index in [1.807, 2.05) is 0 Å². The Labute approximate surface area is 142 Å². The van der Waals surface area contributed by atoms with Crippen molar-refractivity contribution in [3.63, 3.8) is 0 Å². The average Bonchev–Trinajstić information content (AvgIpc) is 2.91. The predicted molar refractivity (Wildman–Crippen MR) is 82.0 cm³/mol. The Morgan fingerprint density at radius 2 is 2.00 bits per heavy atom. The minimum Gasteiger partial charge on any atom is -0.244 e. The van der Waals surface area contributed by atoms with Crippen molar-refractivity contribution in [3.05, 3.63) is 53.6 Å². The van der Waals surface area contributed by atoms with Gasteiger partial charge in [0.1, 0.15) is 6.33 Å². The standard InChI is InChI=1S/C16H14F3N3O2S/c17-16(18,19)10-2-1-3-12(6-10)25(23,24)22-11-4-5-15(22)13-8-20-9-21-14(13)7-11/h1-3,6,8-9,11,15H,4-5,7H2. The second kappa shape index (κ2) is 5.50. The van der Waals surface area contributed by atoms with E-state index in [0.717, 1.165) is 23.4 Å². The van der Waals surface area contributed by atoms with E-state index in [2.05, 4.69) is 9.97 Å². The van der Waals surface area contributed by atoms with Crippen LogP contribution in [0.5, 0.6) is 0 Å². The molecule has 0 N–H and O–H groups in total. The normalized spacial score (nSPS) is 23.5. The molecule has 2 bridgehead atoms. The zero-order valence-electron chi connectivity index (χ0n) is 12.9. The first-order chi connectivity index (χ1) is 11.8. The fourth-order valence-corrected chi connectivity index (χ4v) is 5.60. The zero-order valence-corrected chi connectivity index (χ0v) is 13.8. The second-order valence-corrected chi connectivity index (χ2v) is 8.08. The Bertz CT molecular complexity index is 930. The van der Waals surface area contributed by atoms with Crippen LogP contribution in [0.25, 0.3) is 0 Å². The Balaban J connectivity index is 1.78. The number of hydrogen-bond donors (Lipinski definition) is 0. The second-order valence-electron chi connectivity index (χ2n) is 6.24. The van der Waals surface area contributed by atoms with E-state index >= 15 is 0 Å². The van der Waals surface area contributed by atoms with Crippen LogP contribution < -0.4 is 0 Å². The molecule has 0 saturated carbocycles. The summed E-state index contributed by atoms with van der Waals surface area (Å²) in [7, 11) is -4.05. The molecule has 25 heavy (non-hydrogen) atoms. The van der Waals surface area contributed by atoms with Crippen molar-refractivity contribution in [1.82, 2.24) is 14.3 Å². The van der Waals surface area contributed by atoms with Gasteiger partial charge in [-0.2, -0.15) is 17.5 Å². The fraction of sp³-hybridized carbons (Fsp3) is 0.375. The van der Waals surface area contributed by atoms with Crippen LogP contribution in [-0.2, 0) is 22.6 Å². The third-order valence-corrected chi connectivity index (χ3v) is 6.75. The summed E-state index contributed by atoms with van der Waals surface area (Å²) in [5, 5.41) is 0. The lowest BCUT2D eigenvalue weighted by Gasteiger charge is -2.34. The first-order valence-corrected chi connectivity index (χ1v) is 9.22. The van der Waals surface area contributed by atoms with Crippen molar-refractivity contribution < 1.29 is 21.6 Å². The van der Waals surface area contributed by atoms with Gasteiger partial charge in [-0.3, -0.25) is 0 Å². The summed E-state index contributed by atoms with van der Waals surface area (Å²) in [6.45, 7) is 0. The molecule has 4 rings (SSSR count). The van der Waals surface area contributed by atoms with Gasteiger partial charge in [0.15, 0.2) is 0 Å². The van der Waals surface area contributed by atoms with E-state index in [1.165, 1.54) is 16.7 Å². The molecule has 1 aromatic carbocycles. The number of aromatic nitrogens is 2. The molecule has 9 heteroatoms. The van der Waals surface area contributed by atoms with Gasteiger partial charge in [-0.25, -0.2) is 18.4 Å². The lowest BCUT2D eigenvalue weighted by atomic mass is 10.0. The third-order valence-electron chi connectivity index (χ3n) is 4.79. The Hall–Kier alpha value is -2.00. The van der Waals surface area contributed by atoms with Crippen LogP contribution in [-0.4, -0.2) is 28.7 Å². The highest BCUT2D eigenvalue weighted by Crippen LogP contribution is 2.46. The molecular weight excluding hydrogens is 355 g/mol. The van der Waals surface area contributed by atoms with Crippen molar-refractivity contribution in [2.75, 3.05) is 0 Å². The topological polar surface area (TPSA) is 63.2 Å². The van der Waals surface area contributed by atoms with Crippen molar-refractivity contribution in [3.8, 4) is 0 Å². The van der Waals surface area contributed by atoms with E-state index in [9.17, 15) is 21.6 Å². The van der Waals surface area contributed by atoms with E-state index in [0.29, 0.717) is 25.3 Å². The number of hydrogen-bond acceptors (Lipinski definition) is 4. The predicted octanol–water partition coefficient (Wildman–Crippen LogP) is 2.95. The van der Waals surface area contributed by atoms with E-state index in [-0.39, 0.29) is 10.9 Å². The minimum atomic E-state index is -4.59. The Kier molecular flexibility index (Phi) is 3.62. The number of nitrogens with zero attached hydrogens (tertiary/aromatic N) is 3. The Morgan fingerprint density at radius 1 is 1.20 bits per heavy atom. The highest BCUT2D eigenvalue weighted by molar-refractivity contribution is 7.89. The molecule has 0 spiro atoms. The number of halogens is 3. The van der Waals surface area contributed by atoms with Gasteiger partial charge in [-0.05, 0) is 31.0 Å². The molecule has 3 heterocycles. The maximum atomic E-state index is 13.1. The largest absolute Gasteiger partial charge is 0.416 e. The van der Waals surface area contributed by atoms with Crippen molar-refractivity contribution in [1.29, 1.82) is 0 Å². The molecule has 2 aromatic rings. The van der Waals surface area contributed by atoms with Crippen molar-refractivity contribution in [2.24, 2.45) is 0 Å². The molecule has 2 atom stereocenters. The highest BCUT2D eigenvalue weighted by atomic mass is 32.2. The molecule has 2 aliphatic rings. The lowest BCUT2D eigenvalue weighted by Crippen LogP contribution is -2.42. The van der Waals surface area contributed by atoms with Crippen LogP contribution in [0, 0.1) is 0 Å². The maximum Gasteiger partial charge on any atom is 0.416 e. The summed E-state index contributed by atoms with van der Waals surface area (Å²) >= 11 is 0. The van der Waals surface area contributed by atoms with Crippen LogP contribution in [0.15, 0.2) is 41.7 Å². The molecule has 0 aliphatic carbocycles. The molecule has 1 fully saturated rings. The van der Waals surface area contributed by atoms with Gasteiger partial charge < -0.3 is 0 Å². The zero-order chi connectivity index (χ0) is 17.8. The quantitative estimate of drug-likeness (QED) is 0.817. The monoisotopic (exact) mass is 369 g/mol. The molecule has 0 radical (unpaired) electrons. The maximum absolute atomic E-state index is 13.1. The van der Waals surface area contributed by atoms with Gasteiger partial charge in [0.2, 0.25) is 10.0 Å². The van der Waals surface area contributed by atoms with Crippen LogP contribution in [0.2, 0.25) is 0 Å². The van der Waals surface area contributed by atoms with Crippen LogP contribution >= 0.6 is 0 Å². The summed E-state index contributed by atoms with van der Waals surface area (Å²) in [5.41, 5.74) is 0.589. The molecule has 0 amide bonds. The molecule has 2 aliphatic heterocycles. The highest BCUT2D eigenvalue weighted by Gasteiger charge is 2.47. The van der Waals surface area contributed by atoms with Gasteiger partial charge in [0.05, 0.1) is 22.2 Å². The average molecular weight is 369 g/mol. The van der Waals surface area contributed by atoms with Crippen molar-refractivity contribution >= 4 is 10.0 Å². The van der Waals surface area contributed by atoms with E-state index in [1.54, 1.807) is 6.20 Å². The van der Waals surface area contributed by atoms with Gasteiger partial charge in [-0.1, -0.05) is 6.07 Å². The summed E-state index contributed by atoms with van der Waals surface area (Å²) < 4.78 is 66.3. The fourth-order valence-electron chi connectivity index (χ4n) is 3.70. The first kappa shape index (κ1) is 16.5. The smallest absolute Gasteiger partial charge is 0.244 e. The summed E-state index contributed by atoms with van der Waals surface area (Å²) in [5.74, 6) is 0. The molecule has 2 unspecified atom stereocenters. The Morgan fingerprint density at radius 3 is 2.76 bits per heavy atom. The van der Waals surface area contributed by atoms with Gasteiger partial charge >= 0.3 is 6.18 Å². The number of sulfonamides is 1. The number of benzene rings is 1. The molecular formula is C16H14F3N3O2S. The molecule has 132 valence electrons. The minimum absolute atomic E-state index is 0.285. The van der Waals surface area contributed by atoms with Gasteiger partial charge in [-0.15, -0.1) is 0 Å². The number of rotatable bonds is 2. The SMILES string of the molecule is O=S(=O)(c1cccc(C(F)(F)F)c1)N1C2CCC1c1cncnc1C2. The van der Waals surface area contributed by atoms with Crippen molar-refractivity contribution in [2.45, 2.75) is 42.4 Å². The van der Waals surface area contributed by atoms with Gasteiger partial charge in [0.25, 0.3) is 0 Å². The van der Waals surface area contributed by atoms with Gasteiger partial charge in [0, 0.05) is 24.2 Å². The van der Waals surface area contributed by atoms with E-state index in [4.69, 9.17) is 0 Å². The summed E-state index contributed by atoms with van der Waals surface area (Å²) in [6.07, 6.45) is 0.153. The molecule has 5 nitrogen and oxygen atoms in total. The first-order valence-electron chi connectivity index (χ1n) is 7.78. The summed E-state index contributed by atoms with van der Waals surface area (Å²) in [4.78, 5) is 7.85. The third kappa shape index (κ3) is 2.62. The molecule has 1 saturated heterocycles. The lowest BCUT2D eigenvalue weighted by molar-refractivity contribution is -0.137. The molecule has 1 aromatic heterocycles. The number of alkyl halides is 3. The number of fused-ring (bicyclic) bond motifs is 4. The van der Waals surface area contributed by atoms with Crippen LogP contribution in [0.3, 0.4) is 0 Å². The van der Waals surface area contributed by atoms with Crippen LogP contribution in [0.1, 0.15) is 35.7 Å². The van der Waals surface area contributed by atoms with E-state index < -0.39 is 27.8 Å². The van der Waals surface area contributed by atoms with Crippen LogP contribution in [0.4, 0.5) is 13.2 Å².